The van der Waals surface area contributed by atoms with Crippen molar-refractivity contribution in [2.45, 2.75) is 19.7 Å². The second kappa shape index (κ2) is 8.26. The minimum atomic E-state index is -0.526. The molecule has 0 fully saturated rings. The maximum Gasteiger partial charge on any atom is 0.374 e. The molecule has 0 radical (unpaired) electrons. The zero-order chi connectivity index (χ0) is 19.3. The summed E-state index contributed by atoms with van der Waals surface area (Å²) in [6.45, 7) is 1.17. The summed E-state index contributed by atoms with van der Waals surface area (Å²) in [5.41, 5.74) is 1.15. The number of carbonyl (C=O) groups is 1. The topological polar surface area (TPSA) is 75.1 Å². The van der Waals surface area contributed by atoms with E-state index in [0.717, 1.165) is 10.0 Å². The third kappa shape index (κ3) is 4.40. The van der Waals surface area contributed by atoms with Crippen molar-refractivity contribution in [3.05, 3.63) is 94.6 Å². The molecule has 0 unspecified atom stereocenters. The van der Waals surface area contributed by atoms with Gasteiger partial charge < -0.3 is 13.7 Å². The van der Waals surface area contributed by atoms with Crippen molar-refractivity contribution in [3.8, 4) is 0 Å². The zero-order valence-corrected chi connectivity index (χ0v) is 16.4. The molecule has 0 spiro atoms. The Morgan fingerprint density at radius 2 is 2.00 bits per heavy atom. The fourth-order valence-corrected chi connectivity index (χ4v) is 3.09. The predicted molar refractivity (Wildman–Crippen MR) is 105 cm³/mol. The highest BCUT2D eigenvalue weighted by Gasteiger charge is 2.15. The second-order valence-corrected chi connectivity index (χ2v) is 7.07. The number of nitrogens with zero attached hydrogens (tertiary/aromatic N) is 4. The van der Waals surface area contributed by atoms with Crippen molar-refractivity contribution in [1.82, 2.24) is 19.3 Å². The van der Waals surface area contributed by atoms with Gasteiger partial charge >= 0.3 is 5.97 Å². The number of aromatic nitrogens is 4. The molecule has 3 heterocycles. The molecule has 0 aliphatic heterocycles. The first-order valence-corrected chi connectivity index (χ1v) is 9.44. The standard InChI is InChI=1S/C20H17BrN4O3/c21-16-10-23-25(12-16)13-17-6-7-18(28-17)20(26)27-14-19-22-8-9-24(19)11-15-4-2-1-3-5-15/h1-10,12H,11,13-14H2. The molecule has 0 N–H and O–H groups in total. The lowest BCUT2D eigenvalue weighted by molar-refractivity contribution is 0.0420. The van der Waals surface area contributed by atoms with E-state index in [4.69, 9.17) is 9.15 Å². The van der Waals surface area contributed by atoms with Crippen LogP contribution in [0.3, 0.4) is 0 Å². The number of carbonyl (C=O) groups excluding carboxylic acids is 1. The normalized spacial score (nSPS) is 10.9. The Morgan fingerprint density at radius 1 is 1.14 bits per heavy atom. The highest BCUT2D eigenvalue weighted by molar-refractivity contribution is 9.10. The van der Waals surface area contributed by atoms with Crippen LogP contribution in [-0.4, -0.2) is 25.3 Å². The maximum atomic E-state index is 12.3. The molecule has 0 aliphatic carbocycles. The van der Waals surface area contributed by atoms with E-state index in [2.05, 4.69) is 26.0 Å². The van der Waals surface area contributed by atoms with Crippen LogP contribution in [0.2, 0.25) is 0 Å². The molecular weight excluding hydrogens is 424 g/mol. The number of ether oxygens (including phenoxy) is 1. The van der Waals surface area contributed by atoms with Gasteiger partial charge in [-0.3, -0.25) is 4.68 Å². The van der Waals surface area contributed by atoms with E-state index in [-0.39, 0.29) is 12.4 Å². The van der Waals surface area contributed by atoms with Gasteiger partial charge in [-0.2, -0.15) is 5.10 Å². The van der Waals surface area contributed by atoms with Crippen LogP contribution in [0, 0.1) is 0 Å². The number of furan rings is 1. The van der Waals surface area contributed by atoms with Crippen molar-refractivity contribution >= 4 is 21.9 Å². The lowest BCUT2D eigenvalue weighted by Crippen LogP contribution is -2.10. The molecule has 0 saturated carbocycles. The van der Waals surface area contributed by atoms with Crippen LogP contribution in [0.5, 0.6) is 0 Å². The lowest BCUT2D eigenvalue weighted by Gasteiger charge is -2.08. The Morgan fingerprint density at radius 3 is 2.79 bits per heavy atom. The van der Waals surface area contributed by atoms with Crippen molar-refractivity contribution < 1.29 is 13.9 Å². The Balaban J connectivity index is 1.36. The van der Waals surface area contributed by atoms with E-state index < -0.39 is 5.97 Å². The van der Waals surface area contributed by atoms with Gasteiger partial charge in [0, 0.05) is 25.1 Å². The second-order valence-electron chi connectivity index (χ2n) is 6.16. The van der Waals surface area contributed by atoms with E-state index in [1.165, 1.54) is 0 Å². The summed E-state index contributed by atoms with van der Waals surface area (Å²) < 4.78 is 15.5. The summed E-state index contributed by atoms with van der Waals surface area (Å²) in [7, 11) is 0. The van der Waals surface area contributed by atoms with Crippen LogP contribution in [-0.2, 0) is 24.4 Å². The molecule has 0 saturated heterocycles. The van der Waals surface area contributed by atoms with Gasteiger partial charge in [-0.1, -0.05) is 30.3 Å². The fraction of sp³-hybridized carbons (Fsp3) is 0.150. The average Bonchev–Trinajstić information content (AvgIpc) is 3.43. The van der Waals surface area contributed by atoms with E-state index in [9.17, 15) is 4.79 Å². The number of imidazole rings is 1. The molecule has 3 aromatic heterocycles. The monoisotopic (exact) mass is 440 g/mol. The van der Waals surface area contributed by atoms with Crippen LogP contribution in [0.15, 0.2) is 76.1 Å². The first-order valence-electron chi connectivity index (χ1n) is 8.65. The predicted octanol–water partition coefficient (Wildman–Crippen LogP) is 3.89. The first-order chi connectivity index (χ1) is 13.7. The molecule has 28 heavy (non-hydrogen) atoms. The first kappa shape index (κ1) is 18.2. The van der Waals surface area contributed by atoms with Crippen LogP contribution >= 0.6 is 15.9 Å². The van der Waals surface area contributed by atoms with Gasteiger partial charge in [0.25, 0.3) is 0 Å². The number of benzene rings is 1. The number of hydrogen-bond donors (Lipinski definition) is 0. The zero-order valence-electron chi connectivity index (χ0n) is 14.9. The highest BCUT2D eigenvalue weighted by Crippen LogP contribution is 2.14. The van der Waals surface area contributed by atoms with Gasteiger partial charge in [0.15, 0.2) is 0 Å². The van der Waals surface area contributed by atoms with Crippen molar-refractivity contribution in [2.75, 3.05) is 0 Å². The molecule has 0 amide bonds. The average molecular weight is 441 g/mol. The largest absolute Gasteiger partial charge is 0.452 e. The fourth-order valence-electron chi connectivity index (χ4n) is 2.76. The molecule has 142 valence electrons. The molecule has 7 nitrogen and oxygen atoms in total. The van der Waals surface area contributed by atoms with Crippen LogP contribution in [0.1, 0.15) is 27.7 Å². The Labute approximate surface area is 169 Å². The summed E-state index contributed by atoms with van der Waals surface area (Å²) >= 11 is 3.34. The van der Waals surface area contributed by atoms with E-state index >= 15 is 0 Å². The number of halogens is 1. The minimum Gasteiger partial charge on any atom is -0.452 e. The van der Waals surface area contributed by atoms with Gasteiger partial charge in [-0.25, -0.2) is 9.78 Å². The SMILES string of the molecule is O=C(OCc1nccn1Cc1ccccc1)c1ccc(Cn2cc(Br)cn2)o1. The molecular formula is C20H17BrN4O3. The van der Waals surface area contributed by atoms with E-state index in [0.29, 0.717) is 24.7 Å². The van der Waals surface area contributed by atoms with E-state index in [1.807, 2.05) is 47.3 Å². The van der Waals surface area contributed by atoms with Crippen LogP contribution < -0.4 is 0 Å². The number of rotatable bonds is 7. The van der Waals surface area contributed by atoms with Gasteiger partial charge in [0.05, 0.1) is 17.2 Å². The summed E-state index contributed by atoms with van der Waals surface area (Å²) in [4.78, 5) is 16.6. The highest BCUT2D eigenvalue weighted by atomic mass is 79.9. The number of esters is 1. The summed E-state index contributed by atoms with van der Waals surface area (Å²) in [5.74, 6) is 0.919. The lowest BCUT2D eigenvalue weighted by atomic mass is 10.2. The van der Waals surface area contributed by atoms with Gasteiger partial charge in [-0.05, 0) is 33.6 Å². The van der Waals surface area contributed by atoms with Crippen LogP contribution in [0.25, 0.3) is 0 Å². The Kier molecular flexibility index (Phi) is 5.38. The molecule has 4 rings (SSSR count). The maximum absolute atomic E-state index is 12.3. The van der Waals surface area contributed by atoms with E-state index in [1.54, 1.807) is 29.2 Å². The van der Waals surface area contributed by atoms with Crippen molar-refractivity contribution in [1.29, 1.82) is 0 Å². The van der Waals surface area contributed by atoms with Gasteiger partial charge in [-0.15, -0.1) is 0 Å². The third-order valence-corrected chi connectivity index (χ3v) is 4.52. The number of hydrogen-bond acceptors (Lipinski definition) is 5. The summed E-state index contributed by atoms with van der Waals surface area (Å²) in [6, 6.07) is 13.4. The van der Waals surface area contributed by atoms with Crippen LogP contribution in [0.4, 0.5) is 0 Å². The molecule has 0 aliphatic rings. The quantitative estimate of drug-likeness (QED) is 0.407. The molecule has 8 heteroatoms. The molecule has 4 aromatic rings. The molecule has 1 aromatic carbocycles. The van der Waals surface area contributed by atoms with Gasteiger partial charge in [0.2, 0.25) is 5.76 Å². The molecule has 0 atom stereocenters. The summed E-state index contributed by atoms with van der Waals surface area (Å²) in [5, 5.41) is 4.16. The van der Waals surface area contributed by atoms with Crippen molar-refractivity contribution in [3.63, 3.8) is 0 Å². The minimum absolute atomic E-state index is 0.0702. The Hall–Kier alpha value is -3.13. The smallest absolute Gasteiger partial charge is 0.374 e. The van der Waals surface area contributed by atoms with Gasteiger partial charge in [0.1, 0.15) is 18.2 Å². The molecule has 0 bridgehead atoms. The van der Waals surface area contributed by atoms with Crippen molar-refractivity contribution in [2.24, 2.45) is 0 Å². The Bertz CT molecular complexity index is 1070. The third-order valence-electron chi connectivity index (χ3n) is 4.11. The summed E-state index contributed by atoms with van der Waals surface area (Å²) in [6.07, 6.45) is 7.07.